The Kier molecular flexibility index (Phi) is 4.35. The fourth-order valence-electron chi connectivity index (χ4n) is 1.99. The zero-order valence-electron chi connectivity index (χ0n) is 11.7. The van der Waals surface area contributed by atoms with Gasteiger partial charge in [0, 0.05) is 18.8 Å². The molecular formula is C16H18N2O2. The number of hydrogen-bond acceptors (Lipinski definition) is 3. The minimum atomic E-state index is -0.955. The Balaban J connectivity index is 2.22. The minimum Gasteiger partial charge on any atom is -0.478 e. The third kappa shape index (κ3) is 3.35. The van der Waals surface area contributed by atoms with Crippen molar-refractivity contribution >= 4 is 11.8 Å². The lowest BCUT2D eigenvalue weighted by atomic mass is 10.2. The number of anilines is 1. The number of carboxylic acids is 1. The topological polar surface area (TPSA) is 53.4 Å². The number of carbonyl (C=O) groups is 1. The van der Waals surface area contributed by atoms with Crippen LogP contribution in [0.4, 0.5) is 5.82 Å². The number of nitrogens with zero attached hydrogens (tertiary/aromatic N) is 2. The molecule has 104 valence electrons. The van der Waals surface area contributed by atoms with Crippen molar-refractivity contribution in [3.8, 4) is 0 Å². The van der Waals surface area contributed by atoms with Crippen LogP contribution in [0.15, 0.2) is 48.7 Å². The van der Waals surface area contributed by atoms with E-state index in [9.17, 15) is 4.79 Å². The number of hydrogen-bond donors (Lipinski definition) is 1. The summed E-state index contributed by atoms with van der Waals surface area (Å²) < 4.78 is 0. The molecule has 4 nitrogen and oxygen atoms in total. The number of aromatic carboxylic acids is 1. The number of rotatable bonds is 5. The van der Waals surface area contributed by atoms with Crippen molar-refractivity contribution < 1.29 is 9.90 Å². The van der Waals surface area contributed by atoms with Gasteiger partial charge in [-0.2, -0.15) is 0 Å². The molecule has 0 atom stereocenters. The largest absolute Gasteiger partial charge is 0.478 e. The molecule has 1 aromatic carbocycles. The van der Waals surface area contributed by atoms with E-state index in [1.807, 2.05) is 18.2 Å². The fraction of sp³-hybridized carbons (Fsp3) is 0.250. The van der Waals surface area contributed by atoms with Gasteiger partial charge in [0.1, 0.15) is 5.82 Å². The highest BCUT2D eigenvalue weighted by Crippen LogP contribution is 2.18. The summed E-state index contributed by atoms with van der Waals surface area (Å²) in [6.45, 7) is 4.93. The van der Waals surface area contributed by atoms with Gasteiger partial charge in [0.05, 0.1) is 5.56 Å². The molecule has 0 spiro atoms. The third-order valence-electron chi connectivity index (χ3n) is 3.11. The molecular weight excluding hydrogens is 252 g/mol. The molecule has 2 aromatic rings. The molecule has 2 rings (SSSR count). The molecule has 0 saturated carbocycles. The van der Waals surface area contributed by atoms with E-state index in [0.29, 0.717) is 0 Å². The predicted octanol–water partition coefficient (Wildman–Crippen LogP) is 3.19. The number of aromatic nitrogens is 1. The summed E-state index contributed by atoms with van der Waals surface area (Å²) in [4.78, 5) is 17.3. The van der Waals surface area contributed by atoms with Crippen LogP contribution in [0.5, 0.6) is 0 Å². The molecule has 0 aliphatic heterocycles. The number of pyridine rings is 1. The molecule has 0 saturated heterocycles. The zero-order chi connectivity index (χ0) is 14.5. The quantitative estimate of drug-likeness (QED) is 0.906. The standard InChI is InChI=1S/C16H18N2O2/c1-12(2)18(11-13-6-4-3-5-7-13)15-9-8-14(10-17-15)16(19)20/h3-10,12H,11H2,1-2H3,(H,19,20). The first-order valence-corrected chi connectivity index (χ1v) is 6.58. The average Bonchev–Trinajstić information content (AvgIpc) is 2.45. The van der Waals surface area contributed by atoms with Crippen LogP contribution in [0, 0.1) is 0 Å². The third-order valence-corrected chi connectivity index (χ3v) is 3.11. The summed E-state index contributed by atoms with van der Waals surface area (Å²) in [7, 11) is 0. The van der Waals surface area contributed by atoms with Crippen LogP contribution < -0.4 is 4.90 Å². The first-order valence-electron chi connectivity index (χ1n) is 6.58. The fourth-order valence-corrected chi connectivity index (χ4v) is 1.99. The van der Waals surface area contributed by atoms with Crippen LogP contribution in [-0.2, 0) is 6.54 Å². The van der Waals surface area contributed by atoms with E-state index < -0.39 is 5.97 Å². The van der Waals surface area contributed by atoms with E-state index in [-0.39, 0.29) is 11.6 Å². The molecule has 0 aliphatic carbocycles. The monoisotopic (exact) mass is 270 g/mol. The van der Waals surface area contributed by atoms with E-state index in [1.165, 1.54) is 11.8 Å². The Hall–Kier alpha value is -2.36. The Morgan fingerprint density at radius 1 is 1.20 bits per heavy atom. The average molecular weight is 270 g/mol. The van der Waals surface area contributed by atoms with Crippen molar-refractivity contribution in [2.75, 3.05) is 4.90 Å². The number of benzene rings is 1. The SMILES string of the molecule is CC(C)N(Cc1ccccc1)c1ccc(C(=O)O)cn1. The summed E-state index contributed by atoms with van der Waals surface area (Å²) in [5.41, 5.74) is 1.41. The van der Waals surface area contributed by atoms with Gasteiger partial charge in [0.25, 0.3) is 0 Å². The maximum atomic E-state index is 10.9. The zero-order valence-corrected chi connectivity index (χ0v) is 11.7. The van der Waals surface area contributed by atoms with Gasteiger partial charge in [-0.05, 0) is 31.5 Å². The molecule has 0 amide bonds. The van der Waals surface area contributed by atoms with E-state index >= 15 is 0 Å². The molecule has 0 bridgehead atoms. The summed E-state index contributed by atoms with van der Waals surface area (Å²) in [5, 5.41) is 8.91. The lowest BCUT2D eigenvalue weighted by molar-refractivity contribution is 0.0696. The second-order valence-electron chi connectivity index (χ2n) is 4.92. The Morgan fingerprint density at radius 3 is 2.40 bits per heavy atom. The molecule has 0 aliphatic rings. The first kappa shape index (κ1) is 14.1. The van der Waals surface area contributed by atoms with Crippen molar-refractivity contribution in [1.82, 2.24) is 4.98 Å². The molecule has 20 heavy (non-hydrogen) atoms. The highest BCUT2D eigenvalue weighted by molar-refractivity contribution is 5.87. The minimum absolute atomic E-state index is 0.206. The lowest BCUT2D eigenvalue weighted by Gasteiger charge is -2.28. The predicted molar refractivity (Wildman–Crippen MR) is 79.0 cm³/mol. The van der Waals surface area contributed by atoms with E-state index in [2.05, 4.69) is 35.9 Å². The van der Waals surface area contributed by atoms with Crippen LogP contribution in [-0.4, -0.2) is 22.1 Å². The first-order chi connectivity index (χ1) is 9.58. The molecule has 1 heterocycles. The van der Waals surface area contributed by atoms with Crippen LogP contribution in [0.3, 0.4) is 0 Å². The normalized spacial score (nSPS) is 10.6. The summed E-state index contributed by atoms with van der Waals surface area (Å²) in [5.74, 6) is -0.169. The Morgan fingerprint density at radius 2 is 1.90 bits per heavy atom. The van der Waals surface area contributed by atoms with Gasteiger partial charge < -0.3 is 10.0 Å². The number of carboxylic acid groups (broad SMARTS) is 1. The van der Waals surface area contributed by atoms with Crippen molar-refractivity contribution in [2.45, 2.75) is 26.4 Å². The van der Waals surface area contributed by atoms with Crippen molar-refractivity contribution in [3.05, 3.63) is 59.8 Å². The van der Waals surface area contributed by atoms with Crippen LogP contribution >= 0.6 is 0 Å². The van der Waals surface area contributed by atoms with E-state index in [0.717, 1.165) is 12.4 Å². The summed E-state index contributed by atoms with van der Waals surface area (Å²) >= 11 is 0. The summed E-state index contributed by atoms with van der Waals surface area (Å²) in [6, 6.07) is 13.8. The van der Waals surface area contributed by atoms with Gasteiger partial charge in [0.15, 0.2) is 0 Å². The highest BCUT2D eigenvalue weighted by Gasteiger charge is 2.13. The maximum Gasteiger partial charge on any atom is 0.337 e. The smallest absolute Gasteiger partial charge is 0.337 e. The second kappa shape index (κ2) is 6.19. The van der Waals surface area contributed by atoms with Gasteiger partial charge in [0.2, 0.25) is 0 Å². The summed E-state index contributed by atoms with van der Waals surface area (Å²) in [6.07, 6.45) is 1.40. The Bertz CT molecular complexity index is 565. The molecule has 1 N–H and O–H groups in total. The van der Waals surface area contributed by atoms with Crippen LogP contribution in [0.1, 0.15) is 29.8 Å². The van der Waals surface area contributed by atoms with E-state index in [4.69, 9.17) is 5.11 Å². The van der Waals surface area contributed by atoms with Crippen molar-refractivity contribution in [1.29, 1.82) is 0 Å². The van der Waals surface area contributed by atoms with Crippen molar-refractivity contribution in [2.24, 2.45) is 0 Å². The van der Waals surface area contributed by atoms with Gasteiger partial charge in [-0.1, -0.05) is 30.3 Å². The van der Waals surface area contributed by atoms with Gasteiger partial charge in [-0.3, -0.25) is 0 Å². The van der Waals surface area contributed by atoms with Gasteiger partial charge >= 0.3 is 5.97 Å². The molecule has 4 heteroatoms. The second-order valence-corrected chi connectivity index (χ2v) is 4.92. The lowest BCUT2D eigenvalue weighted by Crippen LogP contribution is -2.30. The van der Waals surface area contributed by atoms with Gasteiger partial charge in [-0.15, -0.1) is 0 Å². The van der Waals surface area contributed by atoms with Crippen LogP contribution in [0.25, 0.3) is 0 Å². The van der Waals surface area contributed by atoms with Crippen molar-refractivity contribution in [3.63, 3.8) is 0 Å². The Labute approximate surface area is 118 Å². The molecule has 0 unspecified atom stereocenters. The molecule has 0 radical (unpaired) electrons. The highest BCUT2D eigenvalue weighted by atomic mass is 16.4. The maximum absolute atomic E-state index is 10.9. The van der Waals surface area contributed by atoms with Crippen LogP contribution in [0.2, 0.25) is 0 Å². The molecule has 1 aromatic heterocycles. The van der Waals surface area contributed by atoms with E-state index in [1.54, 1.807) is 12.1 Å². The van der Waals surface area contributed by atoms with Gasteiger partial charge in [-0.25, -0.2) is 9.78 Å². The molecule has 0 fully saturated rings.